The van der Waals surface area contributed by atoms with Gasteiger partial charge < -0.3 is 4.90 Å². The summed E-state index contributed by atoms with van der Waals surface area (Å²) in [5.74, 6) is -0.486. The summed E-state index contributed by atoms with van der Waals surface area (Å²) in [6.07, 6.45) is 0.211. The third-order valence-electron chi connectivity index (χ3n) is 3.87. The molecule has 0 bridgehead atoms. The Morgan fingerprint density at radius 1 is 1.29 bits per heavy atom. The maximum atomic E-state index is 12.2. The van der Waals surface area contributed by atoms with Crippen molar-refractivity contribution in [1.82, 2.24) is 4.90 Å². The van der Waals surface area contributed by atoms with Crippen LogP contribution in [-0.2, 0) is 19.4 Å². The minimum atomic E-state index is -3.59. The van der Waals surface area contributed by atoms with Crippen molar-refractivity contribution in [3.63, 3.8) is 0 Å². The van der Waals surface area contributed by atoms with E-state index in [0.29, 0.717) is 11.6 Å². The van der Waals surface area contributed by atoms with E-state index in [1.165, 1.54) is 0 Å². The van der Waals surface area contributed by atoms with Crippen molar-refractivity contribution in [2.24, 2.45) is 5.92 Å². The summed E-state index contributed by atoms with van der Waals surface area (Å²) < 4.78 is 22.4. The number of hydrogen-bond acceptors (Lipinski definition) is 3. The second-order valence-corrected chi connectivity index (χ2v) is 9.10. The van der Waals surface area contributed by atoms with Gasteiger partial charge in [-0.2, -0.15) is 0 Å². The Hall–Kier alpha value is -0.780. The van der Waals surface area contributed by atoms with Gasteiger partial charge in [0.05, 0.1) is 11.3 Å². The second-order valence-electron chi connectivity index (χ2n) is 5.85. The fourth-order valence-electron chi connectivity index (χ4n) is 2.73. The molecule has 7 heteroatoms. The first-order chi connectivity index (χ1) is 9.59. The van der Waals surface area contributed by atoms with Crippen LogP contribution in [0.15, 0.2) is 24.3 Å². The van der Waals surface area contributed by atoms with Crippen LogP contribution < -0.4 is 0 Å². The summed E-state index contributed by atoms with van der Waals surface area (Å²) in [6, 6.07) is 7.31. The zero-order valence-corrected chi connectivity index (χ0v) is 14.2. The Morgan fingerprint density at radius 2 is 1.86 bits per heavy atom. The van der Waals surface area contributed by atoms with Crippen molar-refractivity contribution in [2.75, 3.05) is 12.3 Å². The fraction of sp³-hybridized carbons (Fsp3) is 0.500. The molecule has 1 aliphatic heterocycles. The minimum Gasteiger partial charge on any atom is -0.333 e. The molecule has 1 amide bonds. The SMILES string of the molecule is CC(C)(c1ccc(Cl)cc1)N1CC(CS(=O)(=O)Cl)CC1=O. The number of halogens is 2. The van der Waals surface area contributed by atoms with Crippen LogP contribution in [0.4, 0.5) is 0 Å². The van der Waals surface area contributed by atoms with Crippen LogP contribution in [-0.4, -0.2) is 31.5 Å². The molecule has 0 saturated carbocycles. The van der Waals surface area contributed by atoms with E-state index < -0.39 is 14.6 Å². The highest BCUT2D eigenvalue weighted by Crippen LogP contribution is 2.34. The van der Waals surface area contributed by atoms with Crippen LogP contribution in [0, 0.1) is 5.92 Å². The van der Waals surface area contributed by atoms with Gasteiger partial charge in [-0.25, -0.2) is 8.42 Å². The van der Waals surface area contributed by atoms with Crippen LogP contribution >= 0.6 is 22.3 Å². The molecule has 0 spiro atoms. The molecule has 0 radical (unpaired) electrons. The van der Waals surface area contributed by atoms with Crippen LogP contribution in [0.25, 0.3) is 0 Å². The summed E-state index contributed by atoms with van der Waals surface area (Å²) in [5, 5.41) is 0.633. The number of nitrogens with zero attached hydrogens (tertiary/aromatic N) is 1. The Labute approximate surface area is 134 Å². The molecule has 1 aromatic carbocycles. The number of amides is 1. The van der Waals surface area contributed by atoms with Crippen LogP contribution in [0.3, 0.4) is 0 Å². The van der Waals surface area contributed by atoms with Crippen molar-refractivity contribution in [3.8, 4) is 0 Å². The Bertz CT molecular complexity index is 641. The molecule has 1 saturated heterocycles. The molecule has 1 fully saturated rings. The normalized spacial score (nSPS) is 20.1. The molecule has 1 atom stereocenters. The summed E-state index contributed by atoms with van der Waals surface area (Å²) in [7, 11) is 1.69. The van der Waals surface area contributed by atoms with E-state index in [1.54, 1.807) is 17.0 Å². The summed E-state index contributed by atoms with van der Waals surface area (Å²) in [5.41, 5.74) is 0.432. The number of rotatable bonds is 4. The third kappa shape index (κ3) is 3.90. The van der Waals surface area contributed by atoms with Gasteiger partial charge in [0.25, 0.3) is 0 Å². The predicted octanol–water partition coefficient (Wildman–Crippen LogP) is 2.99. The lowest BCUT2D eigenvalue weighted by Gasteiger charge is -2.36. The van der Waals surface area contributed by atoms with E-state index in [0.717, 1.165) is 5.56 Å². The van der Waals surface area contributed by atoms with Crippen LogP contribution in [0.5, 0.6) is 0 Å². The molecule has 1 aromatic rings. The summed E-state index contributed by atoms with van der Waals surface area (Å²) in [6.45, 7) is 4.26. The van der Waals surface area contributed by atoms with Gasteiger partial charge in [-0.05, 0) is 31.5 Å². The smallest absolute Gasteiger partial charge is 0.232 e. The van der Waals surface area contributed by atoms with Crippen molar-refractivity contribution < 1.29 is 13.2 Å². The van der Waals surface area contributed by atoms with Crippen molar-refractivity contribution in [3.05, 3.63) is 34.9 Å². The van der Waals surface area contributed by atoms with Gasteiger partial charge in [0.2, 0.25) is 15.0 Å². The Kier molecular flexibility index (Phi) is 4.57. The van der Waals surface area contributed by atoms with Gasteiger partial charge in [-0.15, -0.1) is 0 Å². The van der Waals surface area contributed by atoms with E-state index in [-0.39, 0.29) is 24.0 Å². The Balaban J connectivity index is 2.20. The van der Waals surface area contributed by atoms with Gasteiger partial charge in [0, 0.05) is 34.6 Å². The summed E-state index contributed by atoms with van der Waals surface area (Å²) in [4.78, 5) is 13.9. The second kappa shape index (κ2) is 5.78. The number of hydrogen-bond donors (Lipinski definition) is 0. The van der Waals surface area contributed by atoms with Crippen molar-refractivity contribution in [1.29, 1.82) is 0 Å². The van der Waals surface area contributed by atoms with Gasteiger partial charge in [-0.3, -0.25) is 4.79 Å². The molecule has 1 unspecified atom stereocenters. The lowest BCUT2D eigenvalue weighted by Crippen LogP contribution is -2.42. The van der Waals surface area contributed by atoms with E-state index >= 15 is 0 Å². The molecule has 1 heterocycles. The average molecular weight is 350 g/mol. The number of carbonyl (C=O) groups excluding carboxylic acids is 1. The van der Waals surface area contributed by atoms with Crippen molar-refractivity contribution in [2.45, 2.75) is 25.8 Å². The Morgan fingerprint density at radius 3 is 2.38 bits per heavy atom. The van der Waals surface area contributed by atoms with Crippen molar-refractivity contribution >= 4 is 37.2 Å². The highest BCUT2D eigenvalue weighted by atomic mass is 35.7. The first-order valence-electron chi connectivity index (χ1n) is 6.58. The first kappa shape index (κ1) is 16.6. The van der Waals surface area contributed by atoms with Gasteiger partial charge in [0.15, 0.2) is 0 Å². The highest BCUT2D eigenvalue weighted by molar-refractivity contribution is 8.13. The molecule has 2 rings (SSSR count). The lowest BCUT2D eigenvalue weighted by atomic mass is 9.92. The van der Waals surface area contributed by atoms with Gasteiger partial charge >= 0.3 is 0 Å². The molecule has 116 valence electrons. The third-order valence-corrected chi connectivity index (χ3v) is 5.36. The summed E-state index contributed by atoms with van der Waals surface area (Å²) >= 11 is 5.88. The van der Waals surface area contributed by atoms with Gasteiger partial charge in [-0.1, -0.05) is 23.7 Å². The minimum absolute atomic E-state index is 0.0553. The van der Waals surface area contributed by atoms with Crippen LogP contribution in [0.2, 0.25) is 5.02 Å². The molecule has 0 aromatic heterocycles. The molecule has 0 aliphatic carbocycles. The molecular formula is C14H17Cl2NO3S. The fourth-order valence-corrected chi connectivity index (χ4v) is 4.18. The lowest BCUT2D eigenvalue weighted by molar-refractivity contribution is -0.132. The molecule has 21 heavy (non-hydrogen) atoms. The molecular weight excluding hydrogens is 333 g/mol. The molecule has 4 nitrogen and oxygen atoms in total. The van der Waals surface area contributed by atoms with E-state index in [1.807, 2.05) is 26.0 Å². The standard InChI is InChI=1S/C14H17Cl2NO3S/c1-14(2,11-3-5-12(15)6-4-11)17-8-10(7-13(17)18)9-21(16,19)20/h3-6,10H,7-9H2,1-2H3. The molecule has 1 aliphatic rings. The number of likely N-dealkylation sites (tertiary alicyclic amines) is 1. The zero-order valence-electron chi connectivity index (χ0n) is 11.8. The topological polar surface area (TPSA) is 54.5 Å². The predicted molar refractivity (Wildman–Crippen MR) is 83.9 cm³/mol. The molecule has 0 N–H and O–H groups in total. The number of carbonyl (C=O) groups is 1. The van der Waals surface area contributed by atoms with E-state index in [2.05, 4.69) is 0 Å². The quantitative estimate of drug-likeness (QED) is 0.785. The van der Waals surface area contributed by atoms with E-state index in [4.69, 9.17) is 22.3 Å². The maximum absolute atomic E-state index is 12.2. The zero-order chi connectivity index (χ0) is 15.8. The highest BCUT2D eigenvalue weighted by Gasteiger charge is 2.40. The van der Waals surface area contributed by atoms with Crippen LogP contribution in [0.1, 0.15) is 25.8 Å². The number of benzene rings is 1. The van der Waals surface area contributed by atoms with E-state index in [9.17, 15) is 13.2 Å². The largest absolute Gasteiger partial charge is 0.333 e. The monoisotopic (exact) mass is 349 g/mol. The maximum Gasteiger partial charge on any atom is 0.232 e. The van der Waals surface area contributed by atoms with Gasteiger partial charge in [0.1, 0.15) is 0 Å². The first-order valence-corrected chi connectivity index (χ1v) is 9.44. The average Bonchev–Trinajstić information content (AvgIpc) is 2.69.